The van der Waals surface area contributed by atoms with Crippen molar-refractivity contribution in [2.24, 2.45) is 0 Å². The molecule has 1 fully saturated rings. The third kappa shape index (κ3) is 1.81. The maximum atomic E-state index is 11.6. The molecule has 0 spiro atoms. The Balaban J connectivity index is 1.97. The van der Waals surface area contributed by atoms with E-state index in [0.29, 0.717) is 31.0 Å². The van der Waals surface area contributed by atoms with E-state index in [1.54, 1.807) is 17.2 Å². The van der Waals surface area contributed by atoms with Crippen molar-refractivity contribution in [3.8, 4) is 11.6 Å². The van der Waals surface area contributed by atoms with Gasteiger partial charge in [0.1, 0.15) is 5.69 Å². The van der Waals surface area contributed by atoms with Crippen molar-refractivity contribution in [1.29, 1.82) is 0 Å². The number of hydrogen-bond acceptors (Lipinski definition) is 4. The summed E-state index contributed by atoms with van der Waals surface area (Å²) < 4.78 is 1.53. The summed E-state index contributed by atoms with van der Waals surface area (Å²) in [6.07, 6.45) is 2.37. The van der Waals surface area contributed by atoms with Crippen LogP contribution in [0, 0.1) is 0 Å². The van der Waals surface area contributed by atoms with E-state index in [2.05, 4.69) is 20.6 Å². The zero-order chi connectivity index (χ0) is 13.4. The molecule has 1 aliphatic rings. The molecule has 3 N–H and O–H groups in total. The summed E-state index contributed by atoms with van der Waals surface area (Å²) in [5.74, 6) is 0.523. The van der Waals surface area contributed by atoms with Gasteiger partial charge in [-0.25, -0.2) is 14.6 Å². The summed E-state index contributed by atoms with van der Waals surface area (Å²) in [4.78, 5) is 13.1. The third-order valence-corrected chi connectivity index (χ3v) is 3.07. The molecule has 0 aromatic carbocycles. The maximum Gasteiger partial charge on any atom is 0.323 e. The van der Waals surface area contributed by atoms with Gasteiger partial charge in [-0.05, 0) is 6.42 Å². The first kappa shape index (κ1) is 11.6. The number of aromatic hydroxyl groups is 1. The third-order valence-electron chi connectivity index (χ3n) is 3.07. The lowest BCUT2D eigenvalue weighted by Crippen LogP contribution is -2.28. The normalized spacial score (nSPS) is 15.0. The monoisotopic (exact) mass is 262 g/mol. The van der Waals surface area contributed by atoms with Crippen molar-refractivity contribution < 1.29 is 9.90 Å². The number of aromatic nitrogens is 4. The number of aromatic amines is 1. The number of H-pyrrole nitrogens is 1. The number of carbonyl (C=O) groups is 1. The lowest BCUT2D eigenvalue weighted by Gasteiger charge is -2.09. The molecular weight excluding hydrogens is 248 g/mol. The van der Waals surface area contributed by atoms with Crippen LogP contribution in [0.3, 0.4) is 0 Å². The Labute approximate surface area is 109 Å². The van der Waals surface area contributed by atoms with Crippen LogP contribution in [0.25, 0.3) is 5.69 Å². The van der Waals surface area contributed by atoms with Crippen LogP contribution in [0.2, 0.25) is 0 Å². The van der Waals surface area contributed by atoms with Crippen LogP contribution in [0.4, 0.5) is 10.6 Å². The smallest absolute Gasteiger partial charge is 0.323 e. The molecule has 2 aromatic heterocycles. The Morgan fingerprint density at radius 2 is 2.37 bits per heavy atom. The minimum absolute atomic E-state index is 0.0302. The Kier molecular flexibility index (Phi) is 2.62. The predicted molar refractivity (Wildman–Crippen MR) is 67.5 cm³/mol. The second-order valence-electron chi connectivity index (χ2n) is 4.22. The molecule has 19 heavy (non-hydrogen) atoms. The van der Waals surface area contributed by atoms with Crippen LogP contribution in [0.1, 0.15) is 12.6 Å². The van der Waals surface area contributed by atoms with Gasteiger partial charge in [-0.2, -0.15) is 5.10 Å². The highest BCUT2D eigenvalue weighted by atomic mass is 16.3. The molecule has 2 amide bonds. The molecule has 8 nitrogen and oxygen atoms in total. The van der Waals surface area contributed by atoms with E-state index in [0.717, 1.165) is 5.69 Å². The average Bonchev–Trinajstić information content (AvgIpc) is 3.08. The molecular formula is C11H14N6O2. The zero-order valence-electron chi connectivity index (χ0n) is 10.4. The number of anilines is 1. The predicted octanol–water partition coefficient (Wildman–Crippen LogP) is 0.393. The Hall–Kier alpha value is -2.51. The van der Waals surface area contributed by atoms with Crippen LogP contribution in [-0.2, 0) is 6.42 Å². The van der Waals surface area contributed by atoms with Gasteiger partial charge in [-0.1, -0.05) is 6.92 Å². The topological polar surface area (TPSA) is 99.1 Å². The fourth-order valence-electron chi connectivity index (χ4n) is 2.12. The number of amides is 2. The van der Waals surface area contributed by atoms with Gasteiger partial charge in [0.25, 0.3) is 0 Å². The summed E-state index contributed by atoms with van der Waals surface area (Å²) in [5.41, 5.74) is 1.24. The molecule has 0 aliphatic carbocycles. The average molecular weight is 262 g/mol. The number of nitrogens with one attached hydrogen (secondary N) is 2. The zero-order valence-corrected chi connectivity index (χ0v) is 10.4. The highest BCUT2D eigenvalue weighted by Crippen LogP contribution is 2.24. The molecule has 1 saturated heterocycles. The van der Waals surface area contributed by atoms with Gasteiger partial charge in [0.15, 0.2) is 5.82 Å². The van der Waals surface area contributed by atoms with Crippen LogP contribution in [0.15, 0.2) is 12.3 Å². The minimum atomic E-state index is -0.155. The van der Waals surface area contributed by atoms with Crippen LogP contribution in [-0.4, -0.2) is 44.2 Å². The van der Waals surface area contributed by atoms with Gasteiger partial charge in [0, 0.05) is 25.4 Å². The Morgan fingerprint density at radius 3 is 3.05 bits per heavy atom. The molecule has 100 valence electrons. The van der Waals surface area contributed by atoms with Crippen molar-refractivity contribution in [2.75, 3.05) is 18.0 Å². The van der Waals surface area contributed by atoms with Gasteiger partial charge in [-0.3, -0.25) is 4.90 Å². The van der Waals surface area contributed by atoms with Crippen molar-refractivity contribution in [3.63, 3.8) is 0 Å². The summed E-state index contributed by atoms with van der Waals surface area (Å²) in [6, 6.07) is 1.58. The van der Waals surface area contributed by atoms with Crippen LogP contribution in [0.5, 0.6) is 5.88 Å². The molecule has 8 heteroatoms. The van der Waals surface area contributed by atoms with Crippen LogP contribution < -0.4 is 10.2 Å². The number of aryl methyl sites for hydroxylation is 1. The van der Waals surface area contributed by atoms with E-state index >= 15 is 0 Å². The summed E-state index contributed by atoms with van der Waals surface area (Å²) in [7, 11) is 0. The quantitative estimate of drug-likeness (QED) is 0.745. The molecule has 1 aliphatic heterocycles. The van der Waals surface area contributed by atoms with E-state index < -0.39 is 0 Å². The molecule has 0 unspecified atom stereocenters. The lowest BCUT2D eigenvalue weighted by atomic mass is 10.3. The molecule has 0 saturated carbocycles. The number of carbonyl (C=O) groups excluding carboxylic acids is 1. The van der Waals surface area contributed by atoms with Gasteiger partial charge >= 0.3 is 6.03 Å². The highest BCUT2D eigenvalue weighted by Gasteiger charge is 2.24. The Morgan fingerprint density at radius 1 is 1.53 bits per heavy atom. The number of nitrogens with zero attached hydrogens (tertiary/aromatic N) is 4. The molecule has 0 atom stereocenters. The van der Waals surface area contributed by atoms with Crippen LogP contribution >= 0.6 is 0 Å². The molecule has 3 heterocycles. The summed E-state index contributed by atoms with van der Waals surface area (Å²) in [5, 5.41) is 23.3. The van der Waals surface area contributed by atoms with E-state index in [-0.39, 0.29) is 11.9 Å². The SMILES string of the molecule is CCc1n[nH]c(O)c1-n1ccc(N2CCNC2=O)n1. The molecule has 0 bridgehead atoms. The molecule has 3 rings (SSSR count). The van der Waals surface area contributed by atoms with Gasteiger partial charge in [-0.15, -0.1) is 5.10 Å². The van der Waals surface area contributed by atoms with Crippen molar-refractivity contribution in [2.45, 2.75) is 13.3 Å². The Bertz CT molecular complexity index is 616. The van der Waals surface area contributed by atoms with Crippen molar-refractivity contribution in [1.82, 2.24) is 25.3 Å². The number of rotatable bonds is 3. The van der Waals surface area contributed by atoms with Gasteiger partial charge < -0.3 is 10.4 Å². The first-order chi connectivity index (χ1) is 9.20. The van der Waals surface area contributed by atoms with E-state index in [4.69, 9.17) is 0 Å². The number of urea groups is 1. The van der Waals surface area contributed by atoms with E-state index in [1.807, 2.05) is 6.92 Å². The largest absolute Gasteiger partial charge is 0.492 e. The van der Waals surface area contributed by atoms with E-state index in [9.17, 15) is 9.90 Å². The second kappa shape index (κ2) is 4.30. The lowest BCUT2D eigenvalue weighted by molar-refractivity contribution is 0.252. The van der Waals surface area contributed by atoms with Gasteiger partial charge in [0.05, 0.1) is 5.69 Å². The van der Waals surface area contributed by atoms with Crippen molar-refractivity contribution >= 4 is 11.8 Å². The van der Waals surface area contributed by atoms with Gasteiger partial charge in [0.2, 0.25) is 5.88 Å². The first-order valence-corrected chi connectivity index (χ1v) is 6.08. The summed E-state index contributed by atoms with van der Waals surface area (Å²) in [6.45, 7) is 3.15. The number of hydrogen-bond donors (Lipinski definition) is 3. The fraction of sp³-hybridized carbons (Fsp3) is 0.364. The standard InChI is InChI=1S/C11H14N6O2/c1-2-7-9(10(18)14-13-7)17-5-3-8(15-17)16-6-4-12-11(16)19/h3,5H,2,4,6H2,1H3,(H,12,19)(H2,13,14,18). The molecule has 0 radical (unpaired) electrons. The molecule has 2 aromatic rings. The van der Waals surface area contributed by atoms with Crippen molar-refractivity contribution in [3.05, 3.63) is 18.0 Å². The fourth-order valence-corrected chi connectivity index (χ4v) is 2.12. The summed E-state index contributed by atoms with van der Waals surface area (Å²) >= 11 is 0. The van der Waals surface area contributed by atoms with E-state index in [1.165, 1.54) is 4.68 Å². The second-order valence-corrected chi connectivity index (χ2v) is 4.22. The first-order valence-electron chi connectivity index (χ1n) is 6.08. The highest BCUT2D eigenvalue weighted by molar-refractivity contribution is 5.92. The maximum absolute atomic E-state index is 11.6. The minimum Gasteiger partial charge on any atom is -0.492 e.